The lowest BCUT2D eigenvalue weighted by atomic mass is 10.0. The van der Waals surface area contributed by atoms with Crippen molar-refractivity contribution in [2.45, 2.75) is 25.9 Å². The predicted molar refractivity (Wildman–Crippen MR) is 66.8 cm³/mol. The van der Waals surface area contributed by atoms with E-state index in [4.69, 9.17) is 14.6 Å². The molecule has 1 N–H and O–H groups in total. The summed E-state index contributed by atoms with van der Waals surface area (Å²) in [5, 5.41) is 8.74. The molecule has 0 spiro atoms. The maximum Gasteiger partial charge on any atom is 0.329 e. The van der Waals surface area contributed by atoms with Crippen LogP contribution in [0, 0.1) is 12.8 Å². The van der Waals surface area contributed by atoms with E-state index in [9.17, 15) is 4.79 Å². The highest BCUT2D eigenvalue weighted by molar-refractivity contribution is 5.68. The summed E-state index contributed by atoms with van der Waals surface area (Å²) >= 11 is 0. The van der Waals surface area contributed by atoms with Gasteiger partial charge < -0.3 is 14.6 Å². The van der Waals surface area contributed by atoms with Crippen LogP contribution in [-0.2, 0) is 9.53 Å². The Kier molecular flexibility index (Phi) is 3.87. The molecule has 1 aromatic carbocycles. The number of ether oxygens (including phenoxy) is 2. The Balaban J connectivity index is 2.23. The third-order valence-corrected chi connectivity index (χ3v) is 3.13. The van der Waals surface area contributed by atoms with Crippen LogP contribution in [0.15, 0.2) is 18.2 Å². The summed E-state index contributed by atoms with van der Waals surface area (Å²) in [6.45, 7) is 1.74. The molecule has 2 rings (SSSR count). The molecule has 0 radical (unpaired) electrons. The van der Waals surface area contributed by atoms with Crippen LogP contribution in [0.3, 0.4) is 0 Å². The Hall–Kier alpha value is -1.55. The Bertz CT molecular complexity index is 437. The monoisotopic (exact) mass is 250 g/mol. The summed E-state index contributed by atoms with van der Waals surface area (Å²) in [5.41, 5.74) is 2.08. The Morgan fingerprint density at radius 1 is 1.50 bits per heavy atom. The van der Waals surface area contributed by atoms with Crippen molar-refractivity contribution in [3.63, 3.8) is 0 Å². The molecule has 0 heterocycles. The average molecular weight is 250 g/mol. The van der Waals surface area contributed by atoms with Crippen molar-refractivity contribution in [2.24, 2.45) is 5.92 Å². The molecule has 4 heteroatoms. The summed E-state index contributed by atoms with van der Waals surface area (Å²) in [4.78, 5) is 10.6. The average Bonchev–Trinajstić information content (AvgIpc) is 3.14. The van der Waals surface area contributed by atoms with E-state index in [1.807, 2.05) is 25.1 Å². The van der Waals surface area contributed by atoms with Gasteiger partial charge in [-0.15, -0.1) is 0 Å². The van der Waals surface area contributed by atoms with E-state index in [1.165, 1.54) is 0 Å². The van der Waals surface area contributed by atoms with Crippen molar-refractivity contribution in [2.75, 3.05) is 13.7 Å². The van der Waals surface area contributed by atoms with Gasteiger partial charge in [0.2, 0.25) is 0 Å². The van der Waals surface area contributed by atoms with E-state index in [0.29, 0.717) is 5.92 Å². The van der Waals surface area contributed by atoms with Gasteiger partial charge in [0.25, 0.3) is 0 Å². The van der Waals surface area contributed by atoms with Crippen LogP contribution in [0.25, 0.3) is 0 Å². The number of hydrogen-bond acceptors (Lipinski definition) is 3. The standard InChI is InChI=1S/C14H18O4/c1-9-3-6-12(17-2)11(7-9)14(10-4-5-10)18-8-13(15)16/h3,6-7,10,14H,4-5,8H2,1-2H3,(H,15,16). The van der Waals surface area contributed by atoms with Gasteiger partial charge in [0, 0.05) is 5.56 Å². The number of methoxy groups -OCH3 is 1. The minimum Gasteiger partial charge on any atom is -0.496 e. The van der Waals surface area contributed by atoms with Crippen molar-refractivity contribution < 1.29 is 19.4 Å². The lowest BCUT2D eigenvalue weighted by molar-refractivity contribution is -0.145. The van der Waals surface area contributed by atoms with Crippen LogP contribution in [0.4, 0.5) is 0 Å². The highest BCUT2D eigenvalue weighted by atomic mass is 16.5. The smallest absolute Gasteiger partial charge is 0.329 e. The Labute approximate surface area is 107 Å². The van der Waals surface area contributed by atoms with Crippen LogP contribution < -0.4 is 4.74 Å². The van der Waals surface area contributed by atoms with Crippen LogP contribution in [0.1, 0.15) is 30.1 Å². The molecule has 98 valence electrons. The zero-order valence-electron chi connectivity index (χ0n) is 10.7. The van der Waals surface area contributed by atoms with E-state index < -0.39 is 5.97 Å². The molecule has 1 aliphatic carbocycles. The number of aliphatic carboxylic acids is 1. The van der Waals surface area contributed by atoms with Gasteiger partial charge in [0.15, 0.2) is 0 Å². The topological polar surface area (TPSA) is 55.8 Å². The third kappa shape index (κ3) is 3.01. The summed E-state index contributed by atoms with van der Waals surface area (Å²) in [6, 6.07) is 5.90. The molecule has 0 aliphatic heterocycles. The number of carboxylic acids is 1. The first-order valence-electron chi connectivity index (χ1n) is 6.09. The van der Waals surface area contributed by atoms with Gasteiger partial charge in [-0.25, -0.2) is 4.79 Å². The molecule has 1 saturated carbocycles. The summed E-state index contributed by atoms with van der Waals surface area (Å²) in [7, 11) is 1.62. The zero-order chi connectivity index (χ0) is 13.1. The van der Waals surface area contributed by atoms with Crippen molar-refractivity contribution in [1.29, 1.82) is 0 Å². The second kappa shape index (κ2) is 5.40. The van der Waals surface area contributed by atoms with Crippen molar-refractivity contribution >= 4 is 5.97 Å². The van der Waals surface area contributed by atoms with Crippen LogP contribution >= 0.6 is 0 Å². The van der Waals surface area contributed by atoms with Crippen LogP contribution in [0.5, 0.6) is 5.75 Å². The van der Waals surface area contributed by atoms with Crippen molar-refractivity contribution in [3.05, 3.63) is 29.3 Å². The van der Waals surface area contributed by atoms with E-state index in [0.717, 1.165) is 29.7 Å². The third-order valence-electron chi connectivity index (χ3n) is 3.13. The fraction of sp³-hybridized carbons (Fsp3) is 0.500. The largest absolute Gasteiger partial charge is 0.496 e. The van der Waals surface area contributed by atoms with Gasteiger partial charge in [0.05, 0.1) is 13.2 Å². The fourth-order valence-electron chi connectivity index (χ4n) is 2.12. The molecule has 1 atom stereocenters. The number of benzene rings is 1. The zero-order valence-corrected chi connectivity index (χ0v) is 10.7. The first-order chi connectivity index (χ1) is 8.61. The number of carboxylic acid groups (broad SMARTS) is 1. The summed E-state index contributed by atoms with van der Waals surface area (Å²) in [5.74, 6) is 0.246. The predicted octanol–water partition coefficient (Wildman–Crippen LogP) is 2.56. The van der Waals surface area contributed by atoms with Crippen molar-refractivity contribution in [3.8, 4) is 5.75 Å². The lowest BCUT2D eigenvalue weighted by Crippen LogP contribution is -2.14. The molecule has 1 unspecified atom stereocenters. The normalized spacial score (nSPS) is 16.3. The first kappa shape index (κ1) is 12.9. The molecule has 0 amide bonds. The van der Waals surface area contributed by atoms with Gasteiger partial charge in [-0.2, -0.15) is 0 Å². The molecule has 1 aromatic rings. The first-order valence-corrected chi connectivity index (χ1v) is 6.09. The highest BCUT2D eigenvalue weighted by Gasteiger charge is 2.35. The minimum atomic E-state index is -0.938. The molecule has 0 bridgehead atoms. The second-order valence-electron chi connectivity index (χ2n) is 4.71. The second-order valence-corrected chi connectivity index (χ2v) is 4.71. The summed E-state index contributed by atoms with van der Waals surface area (Å²) in [6.07, 6.45) is 2.00. The quantitative estimate of drug-likeness (QED) is 0.843. The van der Waals surface area contributed by atoms with Crippen LogP contribution in [-0.4, -0.2) is 24.8 Å². The molecule has 0 aromatic heterocycles. The SMILES string of the molecule is COc1ccc(C)cc1C(OCC(=O)O)C1CC1. The van der Waals surface area contributed by atoms with Gasteiger partial charge in [-0.05, 0) is 37.8 Å². The molecule has 18 heavy (non-hydrogen) atoms. The molecular formula is C14H18O4. The van der Waals surface area contributed by atoms with Gasteiger partial charge >= 0.3 is 5.97 Å². The van der Waals surface area contributed by atoms with E-state index in [-0.39, 0.29) is 12.7 Å². The van der Waals surface area contributed by atoms with Gasteiger partial charge in [0.1, 0.15) is 12.4 Å². The number of aryl methyl sites for hydroxylation is 1. The molecule has 0 saturated heterocycles. The molecular weight excluding hydrogens is 232 g/mol. The van der Waals surface area contributed by atoms with Gasteiger partial charge in [-0.1, -0.05) is 11.6 Å². The Morgan fingerprint density at radius 2 is 2.22 bits per heavy atom. The van der Waals surface area contributed by atoms with Crippen molar-refractivity contribution in [1.82, 2.24) is 0 Å². The lowest BCUT2D eigenvalue weighted by Gasteiger charge is -2.20. The van der Waals surface area contributed by atoms with E-state index >= 15 is 0 Å². The maximum atomic E-state index is 10.6. The number of rotatable bonds is 6. The number of carbonyl (C=O) groups is 1. The molecule has 4 nitrogen and oxygen atoms in total. The van der Waals surface area contributed by atoms with Gasteiger partial charge in [-0.3, -0.25) is 0 Å². The minimum absolute atomic E-state index is 0.170. The number of hydrogen-bond donors (Lipinski definition) is 1. The maximum absolute atomic E-state index is 10.6. The Morgan fingerprint density at radius 3 is 2.78 bits per heavy atom. The highest BCUT2D eigenvalue weighted by Crippen LogP contribution is 2.45. The molecule has 1 aliphatic rings. The van der Waals surface area contributed by atoms with E-state index in [1.54, 1.807) is 7.11 Å². The van der Waals surface area contributed by atoms with E-state index in [2.05, 4.69) is 0 Å². The molecule has 1 fully saturated rings. The van der Waals surface area contributed by atoms with Crippen LogP contribution in [0.2, 0.25) is 0 Å². The summed E-state index contributed by atoms with van der Waals surface area (Å²) < 4.78 is 10.9. The fourth-order valence-corrected chi connectivity index (χ4v) is 2.12.